The number of hydrogen-bond acceptors (Lipinski definition) is 7. The molecule has 0 aliphatic heterocycles. The number of aromatic nitrogens is 2. The summed E-state index contributed by atoms with van der Waals surface area (Å²) >= 11 is 0.758. The third-order valence-electron chi connectivity index (χ3n) is 2.12. The van der Waals surface area contributed by atoms with Gasteiger partial charge in [0.05, 0.1) is 18.8 Å². The molecule has 0 saturated heterocycles. The summed E-state index contributed by atoms with van der Waals surface area (Å²) in [5.74, 6) is -1.53. The van der Waals surface area contributed by atoms with Crippen LogP contribution < -0.4 is 4.72 Å². The summed E-state index contributed by atoms with van der Waals surface area (Å²) in [6, 6.07) is 2.21. The molecular weight excluding hydrogens is 309 g/mol. The molecule has 1 N–H and O–H groups in total. The van der Waals surface area contributed by atoms with Gasteiger partial charge < -0.3 is 4.74 Å². The van der Waals surface area contributed by atoms with E-state index in [0.717, 1.165) is 36.8 Å². The van der Waals surface area contributed by atoms with Crippen LogP contribution in [0.1, 0.15) is 10.5 Å². The van der Waals surface area contributed by atoms with Gasteiger partial charge in [-0.05, 0) is 12.1 Å². The Labute approximate surface area is 117 Å². The van der Waals surface area contributed by atoms with Gasteiger partial charge in [0.2, 0.25) is 0 Å². The van der Waals surface area contributed by atoms with Crippen LogP contribution in [-0.2, 0) is 14.8 Å². The summed E-state index contributed by atoms with van der Waals surface area (Å²) in [6.07, 6.45) is 0.867. The number of pyridine rings is 1. The number of carbonyl (C=O) groups is 1. The first-order valence-electron chi connectivity index (χ1n) is 5.10. The number of rotatable bonds is 4. The van der Waals surface area contributed by atoms with Crippen LogP contribution in [0.5, 0.6) is 0 Å². The average molecular weight is 317 g/mol. The molecule has 0 saturated carbocycles. The Hall–Kier alpha value is -2.07. The second-order valence-corrected chi connectivity index (χ2v) is 6.18. The molecule has 2 heterocycles. The highest BCUT2D eigenvalue weighted by Crippen LogP contribution is 2.23. The number of anilines is 1. The molecule has 0 aliphatic carbocycles. The van der Waals surface area contributed by atoms with Gasteiger partial charge >= 0.3 is 5.97 Å². The Kier molecular flexibility index (Phi) is 3.95. The van der Waals surface area contributed by atoms with Gasteiger partial charge in [0, 0.05) is 0 Å². The van der Waals surface area contributed by atoms with Crippen molar-refractivity contribution in [2.24, 2.45) is 0 Å². The number of sulfonamides is 1. The van der Waals surface area contributed by atoms with Crippen LogP contribution in [0.3, 0.4) is 0 Å². The summed E-state index contributed by atoms with van der Waals surface area (Å²) in [4.78, 5) is 18.6. The maximum Gasteiger partial charge on any atom is 0.358 e. The van der Waals surface area contributed by atoms with Crippen molar-refractivity contribution in [2.75, 3.05) is 11.8 Å². The molecule has 2 aromatic heterocycles. The molecule has 0 radical (unpaired) electrons. The number of methoxy groups -OCH3 is 1. The SMILES string of the molecule is COC(=O)c1ncsc1S(=O)(=O)Nc1ccc(F)cn1. The lowest BCUT2D eigenvalue weighted by Gasteiger charge is -2.06. The minimum Gasteiger partial charge on any atom is -0.464 e. The molecule has 2 rings (SSSR count). The molecule has 0 aliphatic rings. The van der Waals surface area contributed by atoms with Gasteiger partial charge in [0.1, 0.15) is 11.6 Å². The number of nitrogens with zero attached hydrogens (tertiary/aromatic N) is 2. The lowest BCUT2D eigenvalue weighted by Crippen LogP contribution is -2.16. The molecule has 7 nitrogen and oxygen atoms in total. The minimum atomic E-state index is -4.05. The molecule has 0 bridgehead atoms. The molecule has 0 aromatic carbocycles. The van der Waals surface area contributed by atoms with Crippen LogP contribution in [0, 0.1) is 5.82 Å². The van der Waals surface area contributed by atoms with Crippen molar-refractivity contribution in [3.05, 3.63) is 35.4 Å². The van der Waals surface area contributed by atoms with Crippen molar-refractivity contribution >= 4 is 33.1 Å². The quantitative estimate of drug-likeness (QED) is 0.853. The molecule has 2 aromatic rings. The fourth-order valence-electron chi connectivity index (χ4n) is 1.28. The van der Waals surface area contributed by atoms with Crippen LogP contribution >= 0.6 is 11.3 Å². The molecule has 20 heavy (non-hydrogen) atoms. The van der Waals surface area contributed by atoms with E-state index in [-0.39, 0.29) is 15.7 Å². The molecule has 106 valence electrons. The van der Waals surface area contributed by atoms with Crippen molar-refractivity contribution < 1.29 is 22.3 Å². The predicted molar refractivity (Wildman–Crippen MR) is 68.5 cm³/mol. The predicted octanol–water partition coefficient (Wildman–Crippen LogP) is 1.26. The number of nitrogens with one attached hydrogen (secondary N) is 1. The molecule has 10 heteroatoms. The van der Waals surface area contributed by atoms with Crippen molar-refractivity contribution in [2.45, 2.75) is 4.21 Å². The van der Waals surface area contributed by atoms with Crippen LogP contribution in [0.15, 0.2) is 28.0 Å². The van der Waals surface area contributed by atoms with Crippen molar-refractivity contribution in [3.8, 4) is 0 Å². The zero-order chi connectivity index (χ0) is 14.8. The maximum atomic E-state index is 12.7. The summed E-state index contributed by atoms with van der Waals surface area (Å²) in [5, 5.41) is 0. The highest BCUT2D eigenvalue weighted by Gasteiger charge is 2.26. The van der Waals surface area contributed by atoms with Crippen molar-refractivity contribution in [1.29, 1.82) is 0 Å². The van der Waals surface area contributed by atoms with Crippen LogP contribution in [0.25, 0.3) is 0 Å². The second-order valence-electron chi connectivity index (χ2n) is 3.45. The first-order valence-corrected chi connectivity index (χ1v) is 7.46. The van der Waals surface area contributed by atoms with E-state index in [0.29, 0.717) is 0 Å². The highest BCUT2D eigenvalue weighted by atomic mass is 32.2. The van der Waals surface area contributed by atoms with Gasteiger partial charge in [-0.2, -0.15) is 0 Å². The normalized spacial score (nSPS) is 11.1. The number of carbonyl (C=O) groups excluding carboxylic acids is 1. The van der Waals surface area contributed by atoms with Gasteiger partial charge in [-0.1, -0.05) is 0 Å². The Morgan fingerprint density at radius 3 is 2.75 bits per heavy atom. The molecule has 0 atom stereocenters. The summed E-state index contributed by atoms with van der Waals surface area (Å²) in [7, 11) is -2.93. The lowest BCUT2D eigenvalue weighted by atomic mass is 10.5. The number of esters is 1. The van der Waals surface area contributed by atoms with E-state index in [9.17, 15) is 17.6 Å². The molecule has 0 amide bonds. The van der Waals surface area contributed by atoms with Crippen LogP contribution in [-0.4, -0.2) is 31.5 Å². The minimum absolute atomic E-state index is 0.0735. The maximum absolute atomic E-state index is 12.7. The fourth-order valence-corrected chi connectivity index (χ4v) is 3.42. The first-order chi connectivity index (χ1) is 9.44. The van der Waals surface area contributed by atoms with E-state index < -0.39 is 21.8 Å². The van der Waals surface area contributed by atoms with E-state index in [1.54, 1.807) is 0 Å². The van der Waals surface area contributed by atoms with Crippen molar-refractivity contribution in [3.63, 3.8) is 0 Å². The Bertz CT molecular complexity index is 727. The number of halogens is 1. The summed E-state index contributed by atoms with van der Waals surface area (Å²) in [5.41, 5.74) is 0.894. The van der Waals surface area contributed by atoms with E-state index in [4.69, 9.17) is 0 Å². The third kappa shape index (κ3) is 2.91. The zero-order valence-electron chi connectivity index (χ0n) is 10.0. The molecular formula is C10H8FN3O4S2. The topological polar surface area (TPSA) is 98.2 Å². The molecule has 0 unspecified atom stereocenters. The zero-order valence-corrected chi connectivity index (χ0v) is 11.7. The lowest BCUT2D eigenvalue weighted by molar-refractivity contribution is 0.0590. The van der Waals surface area contributed by atoms with E-state index in [1.165, 1.54) is 5.51 Å². The summed E-state index contributed by atoms with van der Waals surface area (Å²) < 4.78 is 43.2. The third-order valence-corrected chi connectivity index (χ3v) is 4.85. The van der Waals surface area contributed by atoms with Gasteiger partial charge in [-0.25, -0.2) is 27.6 Å². The van der Waals surface area contributed by atoms with Crippen LogP contribution in [0.2, 0.25) is 0 Å². The Balaban J connectivity index is 2.34. The summed E-state index contributed by atoms with van der Waals surface area (Å²) in [6.45, 7) is 0. The van der Waals surface area contributed by atoms with Gasteiger partial charge in [-0.3, -0.25) is 4.72 Å². The number of hydrogen-bond donors (Lipinski definition) is 1. The second kappa shape index (κ2) is 5.51. The highest BCUT2D eigenvalue weighted by molar-refractivity contribution is 7.94. The average Bonchev–Trinajstić information content (AvgIpc) is 2.90. The smallest absolute Gasteiger partial charge is 0.358 e. The van der Waals surface area contributed by atoms with Gasteiger partial charge in [0.25, 0.3) is 10.0 Å². The fraction of sp³-hybridized carbons (Fsp3) is 0.100. The molecule has 0 spiro atoms. The monoisotopic (exact) mass is 317 g/mol. The first kappa shape index (κ1) is 14.3. The van der Waals surface area contributed by atoms with Crippen molar-refractivity contribution in [1.82, 2.24) is 9.97 Å². The standard InChI is InChI=1S/C10H8FN3O4S2/c1-18-9(15)8-10(19-5-13-8)20(16,17)14-7-3-2-6(11)4-12-7/h2-5H,1H3,(H,12,14). The van der Waals surface area contributed by atoms with Gasteiger partial charge in [0.15, 0.2) is 9.90 Å². The largest absolute Gasteiger partial charge is 0.464 e. The Morgan fingerprint density at radius 2 is 2.15 bits per heavy atom. The van der Waals surface area contributed by atoms with E-state index >= 15 is 0 Å². The van der Waals surface area contributed by atoms with Crippen LogP contribution in [0.4, 0.5) is 10.2 Å². The number of thiazole rings is 1. The van der Waals surface area contributed by atoms with Gasteiger partial charge in [-0.15, -0.1) is 11.3 Å². The van der Waals surface area contributed by atoms with E-state index in [2.05, 4.69) is 19.4 Å². The molecule has 0 fully saturated rings. The number of ether oxygens (including phenoxy) is 1. The van der Waals surface area contributed by atoms with E-state index in [1.807, 2.05) is 0 Å². The Morgan fingerprint density at radius 1 is 1.40 bits per heavy atom.